The highest BCUT2D eigenvalue weighted by molar-refractivity contribution is 5.77. The third-order valence-corrected chi connectivity index (χ3v) is 2.74. The van der Waals surface area contributed by atoms with Crippen LogP contribution >= 0.6 is 0 Å². The van der Waals surface area contributed by atoms with Gasteiger partial charge in [-0.15, -0.1) is 0 Å². The van der Waals surface area contributed by atoms with E-state index in [1.165, 1.54) is 18.2 Å². The highest BCUT2D eigenvalue weighted by Crippen LogP contribution is 2.31. The Labute approximate surface area is 107 Å². The second-order valence-electron chi connectivity index (χ2n) is 4.02. The number of para-hydroxylation sites is 1. The van der Waals surface area contributed by atoms with E-state index in [-0.39, 0.29) is 23.0 Å². The molecule has 2 aromatic carbocycles. The van der Waals surface area contributed by atoms with Crippen molar-refractivity contribution >= 4 is 11.0 Å². The molecule has 0 saturated heterocycles. The number of hydrogen-bond acceptors (Lipinski definition) is 5. The van der Waals surface area contributed by atoms with Crippen LogP contribution < -0.4 is 5.56 Å². The SMILES string of the molecule is O=c1nc(-c2cc(O)ccc2O)oc2ccccc12. The van der Waals surface area contributed by atoms with Crippen LogP contribution in [-0.2, 0) is 0 Å². The molecule has 5 heteroatoms. The number of nitrogens with zero attached hydrogens (tertiary/aromatic N) is 1. The fourth-order valence-corrected chi connectivity index (χ4v) is 1.82. The quantitative estimate of drug-likeness (QED) is 0.651. The number of benzene rings is 2. The van der Waals surface area contributed by atoms with Gasteiger partial charge in [-0.1, -0.05) is 12.1 Å². The van der Waals surface area contributed by atoms with Crippen LogP contribution in [0.15, 0.2) is 51.7 Å². The number of hydrogen-bond donors (Lipinski definition) is 2. The van der Waals surface area contributed by atoms with Gasteiger partial charge >= 0.3 is 0 Å². The molecule has 0 spiro atoms. The minimum atomic E-state index is -0.445. The Morgan fingerprint density at radius 2 is 1.84 bits per heavy atom. The molecule has 0 aliphatic heterocycles. The first-order chi connectivity index (χ1) is 9.15. The van der Waals surface area contributed by atoms with Crippen LogP contribution in [0.3, 0.4) is 0 Å². The van der Waals surface area contributed by atoms with Crippen LogP contribution in [0, 0.1) is 0 Å². The zero-order chi connectivity index (χ0) is 13.4. The molecule has 1 heterocycles. The normalized spacial score (nSPS) is 10.7. The van der Waals surface area contributed by atoms with Gasteiger partial charge < -0.3 is 14.6 Å². The van der Waals surface area contributed by atoms with Crippen LogP contribution in [0.2, 0.25) is 0 Å². The third kappa shape index (κ3) is 1.91. The highest BCUT2D eigenvalue weighted by Gasteiger charge is 2.12. The van der Waals surface area contributed by atoms with Gasteiger partial charge in [0.05, 0.1) is 10.9 Å². The van der Waals surface area contributed by atoms with E-state index in [0.717, 1.165) is 0 Å². The summed E-state index contributed by atoms with van der Waals surface area (Å²) in [5.74, 6) is -0.203. The molecule has 3 rings (SSSR count). The van der Waals surface area contributed by atoms with Gasteiger partial charge in [0.2, 0.25) is 5.89 Å². The van der Waals surface area contributed by atoms with Crippen molar-refractivity contribution in [1.29, 1.82) is 0 Å². The first-order valence-electron chi connectivity index (χ1n) is 5.57. The van der Waals surface area contributed by atoms with Crippen molar-refractivity contribution in [2.75, 3.05) is 0 Å². The lowest BCUT2D eigenvalue weighted by Gasteiger charge is -2.04. The van der Waals surface area contributed by atoms with Crippen molar-refractivity contribution < 1.29 is 14.6 Å². The molecule has 3 aromatic rings. The Balaban J connectivity index is 2.31. The fraction of sp³-hybridized carbons (Fsp3) is 0. The Hall–Kier alpha value is -2.82. The summed E-state index contributed by atoms with van der Waals surface area (Å²) in [4.78, 5) is 15.6. The largest absolute Gasteiger partial charge is 0.508 e. The van der Waals surface area contributed by atoms with Crippen molar-refractivity contribution in [3.8, 4) is 23.0 Å². The molecular formula is C14H9NO4. The maximum atomic E-state index is 11.9. The summed E-state index contributed by atoms with van der Waals surface area (Å²) >= 11 is 0. The average molecular weight is 255 g/mol. The molecule has 0 radical (unpaired) electrons. The first kappa shape index (κ1) is 11.3. The third-order valence-electron chi connectivity index (χ3n) is 2.74. The number of rotatable bonds is 1. The molecule has 0 atom stereocenters. The summed E-state index contributed by atoms with van der Waals surface area (Å²) in [6, 6.07) is 10.6. The van der Waals surface area contributed by atoms with Gasteiger partial charge in [-0.3, -0.25) is 4.79 Å². The minimum Gasteiger partial charge on any atom is -0.508 e. The van der Waals surface area contributed by atoms with E-state index < -0.39 is 5.56 Å². The summed E-state index contributed by atoms with van der Waals surface area (Å²) in [6.45, 7) is 0. The molecule has 5 nitrogen and oxygen atoms in total. The van der Waals surface area contributed by atoms with E-state index in [4.69, 9.17) is 4.42 Å². The van der Waals surface area contributed by atoms with Gasteiger partial charge in [0, 0.05) is 0 Å². The van der Waals surface area contributed by atoms with Gasteiger partial charge in [0.15, 0.2) is 0 Å². The van der Waals surface area contributed by atoms with Crippen LogP contribution in [0.5, 0.6) is 11.5 Å². The topological polar surface area (TPSA) is 83.6 Å². The van der Waals surface area contributed by atoms with E-state index in [0.29, 0.717) is 11.0 Å². The maximum Gasteiger partial charge on any atom is 0.284 e. The standard InChI is InChI=1S/C14H9NO4/c16-8-5-6-11(17)10(7-8)14-15-13(18)9-3-1-2-4-12(9)19-14/h1-7,16-17H. The summed E-state index contributed by atoms with van der Waals surface area (Å²) in [5, 5.41) is 19.5. The summed E-state index contributed by atoms with van der Waals surface area (Å²) < 4.78 is 5.48. The Kier molecular flexibility index (Phi) is 2.45. The molecule has 0 aliphatic rings. The van der Waals surface area contributed by atoms with Gasteiger partial charge in [-0.2, -0.15) is 4.98 Å². The van der Waals surface area contributed by atoms with Crippen LogP contribution in [0.25, 0.3) is 22.4 Å². The van der Waals surface area contributed by atoms with Crippen molar-refractivity contribution in [2.24, 2.45) is 0 Å². The summed E-state index contributed by atoms with van der Waals surface area (Å²) in [5.41, 5.74) is 0.0997. The second-order valence-corrected chi connectivity index (χ2v) is 4.02. The lowest BCUT2D eigenvalue weighted by atomic mass is 10.2. The van der Waals surface area contributed by atoms with E-state index in [2.05, 4.69) is 4.98 Å². The molecule has 94 valence electrons. The predicted molar refractivity (Wildman–Crippen MR) is 69.0 cm³/mol. The predicted octanol–water partition coefficient (Wildman–Crippen LogP) is 2.27. The van der Waals surface area contributed by atoms with Gasteiger partial charge in [0.1, 0.15) is 17.1 Å². The van der Waals surface area contributed by atoms with Crippen LogP contribution in [0.1, 0.15) is 0 Å². The Bertz CT molecular complexity index is 823. The molecule has 2 N–H and O–H groups in total. The maximum absolute atomic E-state index is 11.9. The van der Waals surface area contributed by atoms with E-state index in [1.54, 1.807) is 24.3 Å². The molecule has 19 heavy (non-hydrogen) atoms. The van der Waals surface area contributed by atoms with Crippen molar-refractivity contribution in [2.45, 2.75) is 0 Å². The van der Waals surface area contributed by atoms with Crippen molar-refractivity contribution in [1.82, 2.24) is 4.98 Å². The molecule has 0 amide bonds. The second kappa shape index (κ2) is 4.13. The van der Waals surface area contributed by atoms with Crippen molar-refractivity contribution in [3.05, 3.63) is 52.8 Å². The van der Waals surface area contributed by atoms with Crippen LogP contribution in [-0.4, -0.2) is 15.2 Å². The minimum absolute atomic E-state index is 0.0305. The summed E-state index contributed by atoms with van der Waals surface area (Å²) in [7, 11) is 0. The lowest BCUT2D eigenvalue weighted by molar-refractivity contribution is 0.458. The number of aromatic hydroxyl groups is 2. The zero-order valence-electron chi connectivity index (χ0n) is 9.70. The number of phenolic OH excluding ortho intramolecular Hbond substituents is 2. The average Bonchev–Trinajstić information content (AvgIpc) is 2.41. The lowest BCUT2D eigenvalue weighted by Crippen LogP contribution is -2.06. The molecule has 0 aliphatic carbocycles. The smallest absolute Gasteiger partial charge is 0.284 e. The van der Waals surface area contributed by atoms with Gasteiger partial charge in [-0.05, 0) is 30.3 Å². The van der Waals surface area contributed by atoms with Crippen LogP contribution in [0.4, 0.5) is 0 Å². The van der Waals surface area contributed by atoms with E-state index in [1.807, 2.05) is 0 Å². The zero-order valence-corrected chi connectivity index (χ0v) is 9.70. The highest BCUT2D eigenvalue weighted by atomic mass is 16.3. The molecule has 0 saturated carbocycles. The monoisotopic (exact) mass is 255 g/mol. The van der Waals surface area contributed by atoms with E-state index >= 15 is 0 Å². The molecular weight excluding hydrogens is 246 g/mol. The Morgan fingerprint density at radius 3 is 2.68 bits per heavy atom. The number of fused-ring (bicyclic) bond motifs is 1. The van der Waals surface area contributed by atoms with Gasteiger partial charge in [-0.25, -0.2) is 0 Å². The number of aromatic nitrogens is 1. The molecule has 0 unspecified atom stereocenters. The van der Waals surface area contributed by atoms with Crippen molar-refractivity contribution in [3.63, 3.8) is 0 Å². The summed E-state index contributed by atoms with van der Waals surface area (Å²) in [6.07, 6.45) is 0. The molecule has 0 bridgehead atoms. The Morgan fingerprint density at radius 1 is 1.05 bits per heavy atom. The first-order valence-corrected chi connectivity index (χ1v) is 5.57. The molecule has 1 aromatic heterocycles. The number of phenols is 2. The van der Waals surface area contributed by atoms with E-state index in [9.17, 15) is 15.0 Å². The fourth-order valence-electron chi connectivity index (χ4n) is 1.82. The van der Waals surface area contributed by atoms with Gasteiger partial charge in [0.25, 0.3) is 5.56 Å². The molecule has 0 fully saturated rings.